The number of piperazine rings is 1. The van der Waals surface area contributed by atoms with Crippen molar-refractivity contribution in [2.45, 2.75) is 13.1 Å². The van der Waals surface area contributed by atoms with E-state index in [9.17, 15) is 9.18 Å². The maximum Gasteiger partial charge on any atom is 0.317 e. The van der Waals surface area contributed by atoms with Crippen LogP contribution >= 0.6 is 11.6 Å². The predicted molar refractivity (Wildman–Crippen MR) is 96.9 cm³/mol. The second-order valence-corrected chi connectivity index (χ2v) is 6.51. The van der Waals surface area contributed by atoms with E-state index in [1.165, 1.54) is 6.07 Å². The maximum atomic E-state index is 13.7. The molecule has 3 rings (SSSR count). The highest BCUT2D eigenvalue weighted by atomic mass is 35.5. The minimum Gasteiger partial charge on any atom is -0.334 e. The summed E-state index contributed by atoms with van der Waals surface area (Å²) < 4.78 is 13.7. The monoisotopic (exact) mass is 361 g/mol. The fraction of sp³-hybridized carbons (Fsp3) is 0.316. The van der Waals surface area contributed by atoms with Gasteiger partial charge in [-0.05, 0) is 17.7 Å². The zero-order valence-corrected chi connectivity index (χ0v) is 14.7. The molecular formula is C19H21ClFN3O. The van der Waals surface area contributed by atoms with Crippen LogP contribution in [-0.2, 0) is 13.1 Å². The molecule has 6 heteroatoms. The molecular weight excluding hydrogens is 341 g/mol. The van der Waals surface area contributed by atoms with E-state index < -0.39 is 0 Å². The van der Waals surface area contributed by atoms with Crippen LogP contribution in [0, 0.1) is 5.82 Å². The lowest BCUT2D eigenvalue weighted by molar-refractivity contribution is 0.134. The molecule has 0 radical (unpaired) electrons. The van der Waals surface area contributed by atoms with Crippen LogP contribution in [0.5, 0.6) is 0 Å². The van der Waals surface area contributed by atoms with Crippen LogP contribution in [0.4, 0.5) is 9.18 Å². The summed E-state index contributed by atoms with van der Waals surface area (Å²) in [7, 11) is 0. The minimum absolute atomic E-state index is 0.0922. The van der Waals surface area contributed by atoms with Crippen LogP contribution in [0.3, 0.4) is 0 Å². The highest BCUT2D eigenvalue weighted by Crippen LogP contribution is 2.15. The highest BCUT2D eigenvalue weighted by Gasteiger charge is 2.21. The first-order valence-corrected chi connectivity index (χ1v) is 8.73. The number of hydrogen-bond acceptors (Lipinski definition) is 2. The van der Waals surface area contributed by atoms with E-state index in [0.717, 1.165) is 18.7 Å². The van der Waals surface area contributed by atoms with Gasteiger partial charge >= 0.3 is 6.03 Å². The van der Waals surface area contributed by atoms with E-state index >= 15 is 0 Å². The standard InChI is InChI=1S/C19H21ClFN3O/c20-17-7-3-1-5-15(17)13-22-19(25)24-11-9-23(10-12-24)14-16-6-2-4-8-18(16)21/h1-8H,9-14H2,(H,22,25). The van der Waals surface area contributed by atoms with E-state index in [4.69, 9.17) is 11.6 Å². The lowest BCUT2D eigenvalue weighted by atomic mass is 10.2. The lowest BCUT2D eigenvalue weighted by Gasteiger charge is -2.34. The Kier molecular flexibility index (Phi) is 5.89. The molecule has 0 atom stereocenters. The van der Waals surface area contributed by atoms with Crippen molar-refractivity contribution in [1.29, 1.82) is 0 Å². The Morgan fingerprint density at radius 3 is 2.32 bits per heavy atom. The molecule has 1 saturated heterocycles. The number of amides is 2. The van der Waals surface area contributed by atoms with Crippen LogP contribution in [0.25, 0.3) is 0 Å². The third kappa shape index (κ3) is 4.71. The molecule has 0 saturated carbocycles. The molecule has 1 aliphatic heterocycles. The zero-order chi connectivity index (χ0) is 17.6. The van der Waals surface area contributed by atoms with Gasteiger partial charge in [0.05, 0.1) is 0 Å². The molecule has 1 heterocycles. The van der Waals surface area contributed by atoms with Gasteiger partial charge in [-0.2, -0.15) is 0 Å². The van der Waals surface area contributed by atoms with E-state index in [1.54, 1.807) is 17.0 Å². The second kappa shape index (κ2) is 8.32. The van der Waals surface area contributed by atoms with Gasteiger partial charge in [0.15, 0.2) is 0 Å². The Morgan fingerprint density at radius 1 is 1.00 bits per heavy atom. The van der Waals surface area contributed by atoms with E-state index in [0.29, 0.717) is 36.8 Å². The maximum absolute atomic E-state index is 13.7. The Bertz CT molecular complexity index is 732. The summed E-state index contributed by atoms with van der Waals surface area (Å²) in [4.78, 5) is 16.2. The molecule has 25 heavy (non-hydrogen) atoms. The first-order chi connectivity index (χ1) is 12.1. The summed E-state index contributed by atoms with van der Waals surface area (Å²) in [5, 5.41) is 3.56. The number of benzene rings is 2. The molecule has 2 amide bonds. The fourth-order valence-corrected chi connectivity index (χ4v) is 3.10. The molecule has 2 aromatic rings. The SMILES string of the molecule is O=C(NCc1ccccc1Cl)N1CCN(Cc2ccccc2F)CC1. The summed E-state index contributed by atoms with van der Waals surface area (Å²) in [6.07, 6.45) is 0. The summed E-state index contributed by atoms with van der Waals surface area (Å²) >= 11 is 6.10. The van der Waals surface area contributed by atoms with Gasteiger partial charge in [-0.15, -0.1) is 0 Å². The van der Waals surface area contributed by atoms with Crippen LogP contribution in [-0.4, -0.2) is 42.0 Å². The lowest BCUT2D eigenvalue weighted by Crippen LogP contribution is -2.51. The van der Waals surface area contributed by atoms with E-state index in [2.05, 4.69) is 10.2 Å². The number of rotatable bonds is 4. The highest BCUT2D eigenvalue weighted by molar-refractivity contribution is 6.31. The van der Waals surface area contributed by atoms with Crippen molar-refractivity contribution < 1.29 is 9.18 Å². The summed E-state index contributed by atoms with van der Waals surface area (Å²) in [5.74, 6) is -0.178. The molecule has 1 N–H and O–H groups in total. The van der Waals surface area contributed by atoms with Gasteiger partial charge < -0.3 is 10.2 Å². The molecule has 1 aliphatic rings. The summed E-state index contributed by atoms with van der Waals surface area (Å²) in [5.41, 5.74) is 1.59. The quantitative estimate of drug-likeness (QED) is 0.904. The smallest absolute Gasteiger partial charge is 0.317 e. The first-order valence-electron chi connectivity index (χ1n) is 8.35. The van der Waals surface area contributed by atoms with Gasteiger partial charge in [-0.1, -0.05) is 48.0 Å². The normalized spacial score (nSPS) is 15.2. The van der Waals surface area contributed by atoms with Crippen molar-refractivity contribution in [2.75, 3.05) is 26.2 Å². The Labute approximate surface area is 152 Å². The minimum atomic E-state index is -0.178. The van der Waals surface area contributed by atoms with Gasteiger partial charge in [0.2, 0.25) is 0 Å². The largest absolute Gasteiger partial charge is 0.334 e. The van der Waals surface area contributed by atoms with Crippen LogP contribution in [0.15, 0.2) is 48.5 Å². The molecule has 2 aromatic carbocycles. The summed E-state index contributed by atoms with van der Waals surface area (Å²) in [6.45, 7) is 3.70. The number of carbonyl (C=O) groups is 1. The molecule has 4 nitrogen and oxygen atoms in total. The Morgan fingerprint density at radius 2 is 1.64 bits per heavy atom. The molecule has 1 fully saturated rings. The number of carbonyl (C=O) groups excluding carboxylic acids is 1. The average Bonchev–Trinajstić information content (AvgIpc) is 2.63. The van der Waals surface area contributed by atoms with Crippen LogP contribution in [0.1, 0.15) is 11.1 Å². The van der Waals surface area contributed by atoms with Gasteiger partial charge in [0.25, 0.3) is 0 Å². The molecule has 132 valence electrons. The van der Waals surface area contributed by atoms with Gasteiger partial charge in [-0.25, -0.2) is 9.18 Å². The predicted octanol–water partition coefficient (Wildman–Crippen LogP) is 3.51. The van der Waals surface area contributed by atoms with Crippen molar-refractivity contribution in [3.05, 3.63) is 70.5 Å². The summed E-state index contributed by atoms with van der Waals surface area (Å²) in [6, 6.07) is 14.2. The second-order valence-electron chi connectivity index (χ2n) is 6.10. The fourth-order valence-electron chi connectivity index (χ4n) is 2.90. The topological polar surface area (TPSA) is 35.6 Å². The molecule has 0 aromatic heterocycles. The molecule has 0 spiro atoms. The Balaban J connectivity index is 1.46. The van der Waals surface area contributed by atoms with Crippen molar-refractivity contribution in [3.8, 4) is 0 Å². The molecule has 0 bridgehead atoms. The van der Waals surface area contributed by atoms with E-state index in [1.807, 2.05) is 30.3 Å². The number of halogens is 2. The zero-order valence-electron chi connectivity index (χ0n) is 13.9. The van der Waals surface area contributed by atoms with Crippen molar-refractivity contribution >= 4 is 17.6 Å². The molecule has 0 aliphatic carbocycles. The van der Waals surface area contributed by atoms with Crippen LogP contribution in [0.2, 0.25) is 5.02 Å². The Hall–Kier alpha value is -2.11. The number of hydrogen-bond donors (Lipinski definition) is 1. The van der Waals surface area contributed by atoms with Crippen molar-refractivity contribution in [3.63, 3.8) is 0 Å². The van der Waals surface area contributed by atoms with Gasteiger partial charge in [0, 0.05) is 49.9 Å². The van der Waals surface area contributed by atoms with Gasteiger partial charge in [-0.3, -0.25) is 4.90 Å². The number of urea groups is 1. The first kappa shape index (κ1) is 17.7. The van der Waals surface area contributed by atoms with Gasteiger partial charge in [0.1, 0.15) is 5.82 Å². The van der Waals surface area contributed by atoms with Crippen molar-refractivity contribution in [1.82, 2.24) is 15.1 Å². The van der Waals surface area contributed by atoms with E-state index in [-0.39, 0.29) is 11.8 Å². The average molecular weight is 362 g/mol. The third-order valence-corrected chi connectivity index (χ3v) is 4.77. The number of nitrogens with one attached hydrogen (secondary N) is 1. The van der Waals surface area contributed by atoms with Crippen LogP contribution < -0.4 is 5.32 Å². The third-order valence-electron chi connectivity index (χ3n) is 4.40. The number of nitrogens with zero attached hydrogens (tertiary/aromatic N) is 2. The van der Waals surface area contributed by atoms with Crippen molar-refractivity contribution in [2.24, 2.45) is 0 Å². The molecule has 0 unspecified atom stereocenters.